The molecule has 78 valence electrons. The first kappa shape index (κ1) is 9.77. The molecule has 1 aliphatic heterocycles. The van der Waals surface area contributed by atoms with E-state index in [0.29, 0.717) is 17.2 Å². The molecule has 1 aromatic heterocycles. The Morgan fingerprint density at radius 3 is 2.93 bits per heavy atom. The highest BCUT2D eigenvalue weighted by Crippen LogP contribution is 2.22. The van der Waals surface area contributed by atoms with Crippen molar-refractivity contribution in [1.29, 1.82) is 0 Å². The molecule has 0 unspecified atom stereocenters. The van der Waals surface area contributed by atoms with Crippen molar-refractivity contribution < 1.29 is 8.42 Å². The second-order valence-corrected chi connectivity index (χ2v) is 5.69. The molecule has 2 heterocycles. The molecule has 1 saturated heterocycles. The maximum atomic E-state index is 11.2. The highest BCUT2D eigenvalue weighted by Gasteiger charge is 2.33. The number of hydrogen-bond donors (Lipinski definition) is 2. The Morgan fingerprint density at radius 2 is 2.43 bits per heavy atom. The fraction of sp³-hybridized carbons (Fsp3) is 0.600. The molecule has 0 spiro atoms. The summed E-state index contributed by atoms with van der Waals surface area (Å²) in [5.41, 5.74) is 3.00. The van der Waals surface area contributed by atoms with Gasteiger partial charge in [-0.3, -0.25) is 0 Å². The van der Waals surface area contributed by atoms with E-state index in [9.17, 15) is 8.42 Å². The van der Waals surface area contributed by atoms with E-state index < -0.39 is 10.0 Å². The third-order valence-electron chi connectivity index (χ3n) is 2.00. The fourth-order valence-electron chi connectivity index (χ4n) is 1.14. The molecule has 9 heteroatoms. The van der Waals surface area contributed by atoms with Crippen molar-refractivity contribution in [3.05, 3.63) is 5.69 Å². The minimum Gasteiger partial charge on any atom is -0.313 e. The quantitative estimate of drug-likeness (QED) is 0.513. The second kappa shape index (κ2) is 3.42. The number of rotatable bonds is 3. The maximum absolute atomic E-state index is 11.2. The third-order valence-corrected chi connectivity index (χ3v) is 4.50. The number of nitrogen functional groups attached to an aromatic ring is 1. The summed E-state index contributed by atoms with van der Waals surface area (Å²) in [7, 11) is -3.02. The highest BCUT2D eigenvalue weighted by atomic mass is 32.2. The predicted octanol–water partition coefficient (Wildman–Crippen LogP) is -1.03. The van der Waals surface area contributed by atoms with Gasteiger partial charge in [0.2, 0.25) is 10.0 Å². The number of hydrazine groups is 1. The number of aromatic nitrogens is 2. The summed E-state index contributed by atoms with van der Waals surface area (Å²) < 4.78 is 27.4. The molecule has 0 amide bonds. The summed E-state index contributed by atoms with van der Waals surface area (Å²) in [5, 5.41) is 4.40. The number of nitrogens with one attached hydrogen (secondary N) is 1. The van der Waals surface area contributed by atoms with E-state index >= 15 is 0 Å². The van der Waals surface area contributed by atoms with E-state index in [4.69, 9.17) is 5.84 Å². The smallest absolute Gasteiger partial charge is 0.215 e. The number of nitrogens with zero attached hydrogens (tertiary/aromatic N) is 3. The number of anilines is 1. The van der Waals surface area contributed by atoms with E-state index in [1.165, 1.54) is 4.31 Å². The van der Waals surface area contributed by atoms with E-state index in [-0.39, 0.29) is 12.3 Å². The maximum Gasteiger partial charge on any atom is 0.215 e. The summed E-state index contributed by atoms with van der Waals surface area (Å²) in [6.07, 6.45) is 0. The van der Waals surface area contributed by atoms with Gasteiger partial charge in [0.05, 0.1) is 12.3 Å². The largest absolute Gasteiger partial charge is 0.313 e. The Morgan fingerprint density at radius 1 is 1.64 bits per heavy atom. The Kier molecular flexibility index (Phi) is 2.39. The van der Waals surface area contributed by atoms with Crippen molar-refractivity contribution in [2.45, 2.75) is 6.54 Å². The Labute approximate surface area is 85.1 Å². The van der Waals surface area contributed by atoms with Crippen LogP contribution in [0.4, 0.5) is 5.00 Å². The van der Waals surface area contributed by atoms with Gasteiger partial charge in [0, 0.05) is 18.1 Å². The molecule has 0 aliphatic carbocycles. The lowest BCUT2D eigenvalue weighted by molar-refractivity contribution is 0.376. The van der Waals surface area contributed by atoms with Crippen molar-refractivity contribution in [3.8, 4) is 0 Å². The van der Waals surface area contributed by atoms with Crippen LogP contribution in [0.3, 0.4) is 0 Å². The lowest BCUT2D eigenvalue weighted by atomic mass is 10.4. The van der Waals surface area contributed by atoms with Gasteiger partial charge in [0.25, 0.3) is 0 Å². The molecule has 0 aromatic carbocycles. The molecule has 3 N–H and O–H groups in total. The highest BCUT2D eigenvalue weighted by molar-refractivity contribution is 7.90. The van der Waals surface area contributed by atoms with Crippen molar-refractivity contribution in [1.82, 2.24) is 13.9 Å². The first-order chi connectivity index (χ1) is 6.63. The third kappa shape index (κ3) is 1.59. The lowest BCUT2D eigenvalue weighted by Crippen LogP contribution is -2.46. The first-order valence-corrected chi connectivity index (χ1v) is 6.27. The van der Waals surface area contributed by atoms with Gasteiger partial charge in [-0.05, 0) is 0 Å². The van der Waals surface area contributed by atoms with Gasteiger partial charge in [-0.15, -0.1) is 5.10 Å². The Balaban J connectivity index is 2.12. The van der Waals surface area contributed by atoms with Crippen LogP contribution in [0.2, 0.25) is 0 Å². The molecule has 0 bridgehead atoms. The van der Waals surface area contributed by atoms with Gasteiger partial charge < -0.3 is 5.43 Å². The van der Waals surface area contributed by atoms with E-state index in [0.717, 1.165) is 11.5 Å². The average Bonchev–Trinajstić information content (AvgIpc) is 2.59. The van der Waals surface area contributed by atoms with Crippen molar-refractivity contribution in [2.75, 3.05) is 17.7 Å². The molecule has 1 aromatic rings. The zero-order valence-corrected chi connectivity index (χ0v) is 8.81. The van der Waals surface area contributed by atoms with Crippen molar-refractivity contribution in [2.24, 2.45) is 5.84 Å². The summed E-state index contributed by atoms with van der Waals surface area (Å²) >= 11 is 1.11. The van der Waals surface area contributed by atoms with Gasteiger partial charge in [-0.1, -0.05) is 4.49 Å². The van der Waals surface area contributed by atoms with E-state index in [1.54, 1.807) is 0 Å². The van der Waals surface area contributed by atoms with Crippen LogP contribution in [0.15, 0.2) is 0 Å². The normalized spacial score (nSPS) is 20.4. The lowest BCUT2D eigenvalue weighted by Gasteiger charge is -2.29. The summed E-state index contributed by atoms with van der Waals surface area (Å²) in [4.78, 5) is 0. The number of nitrogens with two attached hydrogens (primary N) is 1. The van der Waals surface area contributed by atoms with Crippen LogP contribution in [0.5, 0.6) is 0 Å². The number of hydrogen-bond acceptors (Lipinski definition) is 7. The molecule has 14 heavy (non-hydrogen) atoms. The van der Waals surface area contributed by atoms with Crippen LogP contribution in [0.25, 0.3) is 0 Å². The van der Waals surface area contributed by atoms with Gasteiger partial charge in [0.15, 0.2) is 0 Å². The van der Waals surface area contributed by atoms with Crippen LogP contribution in [0.1, 0.15) is 5.69 Å². The van der Waals surface area contributed by atoms with Gasteiger partial charge in [-0.2, -0.15) is 4.31 Å². The van der Waals surface area contributed by atoms with Crippen LogP contribution >= 0.6 is 11.5 Å². The van der Waals surface area contributed by atoms with E-state index in [1.807, 2.05) is 0 Å². The van der Waals surface area contributed by atoms with Crippen molar-refractivity contribution >= 4 is 26.6 Å². The molecule has 0 saturated carbocycles. The molecular formula is C5H9N5O2S2. The van der Waals surface area contributed by atoms with E-state index in [2.05, 4.69) is 15.0 Å². The molecule has 0 radical (unpaired) electrons. The fourth-order valence-corrected chi connectivity index (χ4v) is 2.68. The summed E-state index contributed by atoms with van der Waals surface area (Å²) in [5.74, 6) is 5.43. The standard InChI is InChI=1S/C5H9N5O2S2/c6-7-5-4(8-9-13-5)3-10-1-2-14(10,11)12/h7H,1-3,6H2. The Hall–Kier alpha value is -0.770. The van der Waals surface area contributed by atoms with Crippen LogP contribution < -0.4 is 11.3 Å². The topological polar surface area (TPSA) is 101 Å². The van der Waals surface area contributed by atoms with Gasteiger partial charge in [0.1, 0.15) is 10.7 Å². The predicted molar refractivity (Wildman–Crippen MR) is 51.9 cm³/mol. The molecule has 0 atom stereocenters. The number of sulfonamides is 1. The molecular weight excluding hydrogens is 226 g/mol. The van der Waals surface area contributed by atoms with Gasteiger partial charge in [-0.25, -0.2) is 14.3 Å². The van der Waals surface area contributed by atoms with Crippen LogP contribution in [-0.2, 0) is 16.6 Å². The molecule has 7 nitrogen and oxygen atoms in total. The minimum absolute atomic E-state index is 0.218. The minimum atomic E-state index is -3.02. The Bertz CT molecular complexity index is 427. The second-order valence-electron chi connectivity index (χ2n) is 2.84. The molecule has 1 aliphatic rings. The average molecular weight is 235 g/mol. The van der Waals surface area contributed by atoms with Gasteiger partial charge >= 0.3 is 0 Å². The zero-order valence-electron chi connectivity index (χ0n) is 7.17. The summed E-state index contributed by atoms with van der Waals surface area (Å²) in [6.45, 7) is 0.794. The molecule has 1 fully saturated rings. The zero-order chi connectivity index (χ0) is 10.2. The van der Waals surface area contributed by atoms with Crippen LogP contribution in [-0.4, -0.2) is 34.6 Å². The van der Waals surface area contributed by atoms with Crippen molar-refractivity contribution in [3.63, 3.8) is 0 Å². The SMILES string of the molecule is NNc1snnc1CN1CCS1(=O)=O. The monoisotopic (exact) mass is 235 g/mol. The molecule has 2 rings (SSSR count). The first-order valence-electron chi connectivity index (χ1n) is 3.89. The summed E-state index contributed by atoms with van der Waals surface area (Å²) in [6, 6.07) is 0. The van der Waals surface area contributed by atoms with Crippen LogP contribution in [0, 0.1) is 0 Å².